The number of rotatable bonds is 2. The molecule has 2 bridgehead atoms. The van der Waals surface area contributed by atoms with E-state index in [1.807, 2.05) is 40.1 Å². The number of ether oxygens (including phenoxy) is 1. The Balaban J connectivity index is 1.51. The van der Waals surface area contributed by atoms with Gasteiger partial charge in [-0.15, -0.1) is 0 Å². The summed E-state index contributed by atoms with van der Waals surface area (Å²) < 4.78 is 17.7. The fourth-order valence-electron chi connectivity index (χ4n) is 3.22. The minimum absolute atomic E-state index is 0.344. The van der Waals surface area contributed by atoms with Crippen molar-refractivity contribution in [2.45, 2.75) is 57.5 Å². The molecule has 1 aromatic heterocycles. The highest BCUT2D eigenvalue weighted by Gasteiger charge is 2.52. The molecule has 22 heavy (non-hydrogen) atoms. The second kappa shape index (κ2) is 4.66. The van der Waals surface area contributed by atoms with E-state index >= 15 is 0 Å². The van der Waals surface area contributed by atoms with Crippen LogP contribution >= 0.6 is 0 Å². The number of aromatic nitrogens is 2. The maximum atomic E-state index is 6.03. The molecule has 1 aromatic rings. The van der Waals surface area contributed by atoms with Gasteiger partial charge in [-0.25, -0.2) is 9.97 Å². The Labute approximate surface area is 131 Å². The number of hydrogen-bond acceptors (Lipinski definition) is 6. The third-order valence-corrected chi connectivity index (χ3v) is 5.34. The van der Waals surface area contributed by atoms with Crippen molar-refractivity contribution in [3.63, 3.8) is 0 Å². The molecule has 0 amide bonds. The molecule has 7 heteroatoms. The lowest BCUT2D eigenvalue weighted by Crippen LogP contribution is -2.41. The van der Waals surface area contributed by atoms with Gasteiger partial charge in [0.1, 0.15) is 0 Å². The van der Waals surface area contributed by atoms with Crippen molar-refractivity contribution < 1.29 is 14.0 Å². The first-order valence-corrected chi connectivity index (χ1v) is 7.91. The van der Waals surface area contributed by atoms with Crippen LogP contribution in [0, 0.1) is 0 Å². The van der Waals surface area contributed by atoms with E-state index in [0.717, 1.165) is 31.0 Å². The molecule has 0 radical (unpaired) electrons. The van der Waals surface area contributed by atoms with Gasteiger partial charge < -0.3 is 18.9 Å². The van der Waals surface area contributed by atoms with Crippen molar-refractivity contribution in [3.8, 4) is 0 Å². The Hall–Kier alpha value is -1.18. The summed E-state index contributed by atoms with van der Waals surface area (Å²) in [6, 6.07) is 0.424. The maximum absolute atomic E-state index is 6.03. The lowest BCUT2D eigenvalue weighted by molar-refractivity contribution is 0.00578. The Morgan fingerprint density at radius 3 is 2.27 bits per heavy atom. The zero-order valence-corrected chi connectivity index (χ0v) is 13.6. The van der Waals surface area contributed by atoms with Gasteiger partial charge in [0.2, 0.25) is 5.95 Å². The third-order valence-electron chi connectivity index (χ3n) is 5.34. The number of fused-ring (bicyclic) bond motifs is 2. The molecule has 0 N–H and O–H groups in total. The highest BCUT2D eigenvalue weighted by atomic mass is 16.7. The monoisotopic (exact) mass is 303 g/mol. The van der Waals surface area contributed by atoms with E-state index in [9.17, 15) is 0 Å². The summed E-state index contributed by atoms with van der Waals surface area (Å²) in [5, 5.41) is 0. The molecule has 0 aliphatic carbocycles. The van der Waals surface area contributed by atoms with Crippen molar-refractivity contribution in [2.24, 2.45) is 0 Å². The van der Waals surface area contributed by atoms with Crippen LogP contribution in [0.25, 0.3) is 0 Å². The van der Waals surface area contributed by atoms with Crippen LogP contribution in [0.3, 0.4) is 0 Å². The van der Waals surface area contributed by atoms with Gasteiger partial charge in [0.05, 0.1) is 30.0 Å². The summed E-state index contributed by atoms with van der Waals surface area (Å²) >= 11 is 0. The third kappa shape index (κ3) is 2.14. The van der Waals surface area contributed by atoms with Crippen LogP contribution in [0.4, 0.5) is 5.95 Å². The van der Waals surface area contributed by atoms with E-state index in [4.69, 9.17) is 14.0 Å². The predicted molar refractivity (Wildman–Crippen MR) is 83.2 cm³/mol. The smallest absolute Gasteiger partial charge is 0.399 e. The van der Waals surface area contributed by atoms with Crippen LogP contribution in [-0.4, -0.2) is 53.6 Å². The zero-order valence-electron chi connectivity index (χ0n) is 13.6. The molecule has 4 rings (SSSR count). The van der Waals surface area contributed by atoms with Gasteiger partial charge in [0.15, 0.2) is 0 Å². The average Bonchev–Trinajstić information content (AvgIpc) is 3.13. The van der Waals surface area contributed by atoms with Crippen LogP contribution in [0.1, 0.15) is 34.1 Å². The molecule has 0 aromatic carbocycles. The summed E-state index contributed by atoms with van der Waals surface area (Å²) in [5.74, 6) is 0.774. The van der Waals surface area contributed by atoms with Gasteiger partial charge in [0.25, 0.3) is 0 Å². The molecule has 3 fully saturated rings. The molecule has 0 unspecified atom stereocenters. The van der Waals surface area contributed by atoms with Gasteiger partial charge in [-0.05, 0) is 34.1 Å². The van der Waals surface area contributed by atoms with Crippen LogP contribution < -0.4 is 10.4 Å². The number of morpholine rings is 1. The summed E-state index contributed by atoms with van der Waals surface area (Å²) in [7, 11) is -0.405. The Morgan fingerprint density at radius 2 is 1.77 bits per heavy atom. The van der Waals surface area contributed by atoms with Crippen LogP contribution in [-0.2, 0) is 14.0 Å². The Morgan fingerprint density at radius 1 is 1.14 bits per heavy atom. The Bertz CT molecular complexity index is 562. The highest BCUT2D eigenvalue weighted by Crippen LogP contribution is 2.36. The minimum atomic E-state index is -0.405. The molecule has 118 valence electrons. The fraction of sp³-hybridized carbons (Fsp3) is 0.733. The number of hydrogen-bond donors (Lipinski definition) is 0. The first kappa shape index (κ1) is 14.4. The number of anilines is 1. The molecule has 3 saturated heterocycles. The van der Waals surface area contributed by atoms with Crippen LogP contribution in [0.15, 0.2) is 12.4 Å². The van der Waals surface area contributed by atoms with E-state index < -0.39 is 7.12 Å². The van der Waals surface area contributed by atoms with Crippen LogP contribution in [0.2, 0.25) is 0 Å². The SMILES string of the molecule is CC1(C)OB(c2cnc(N3C[C@@H]4C[C@H]3CO4)nc2)OC1(C)C. The number of nitrogens with zero attached hydrogens (tertiary/aromatic N) is 3. The molecule has 3 aliphatic heterocycles. The molecular weight excluding hydrogens is 281 g/mol. The minimum Gasteiger partial charge on any atom is -0.399 e. The van der Waals surface area contributed by atoms with Gasteiger partial charge in [-0.2, -0.15) is 0 Å². The standard InChI is InChI=1S/C15H22BN3O3/c1-14(2)15(3,4)22-16(21-14)10-6-17-13(18-7-10)19-8-12-5-11(19)9-20-12/h6-7,11-12H,5,8-9H2,1-4H3/t11-,12-/m0/s1. The topological polar surface area (TPSA) is 56.7 Å². The van der Waals surface area contributed by atoms with E-state index in [1.54, 1.807) is 0 Å². The van der Waals surface area contributed by atoms with Crippen molar-refractivity contribution in [3.05, 3.63) is 12.4 Å². The van der Waals surface area contributed by atoms with Gasteiger partial charge in [-0.3, -0.25) is 0 Å². The highest BCUT2D eigenvalue weighted by molar-refractivity contribution is 6.61. The van der Waals surface area contributed by atoms with Crippen molar-refractivity contribution in [1.29, 1.82) is 0 Å². The van der Waals surface area contributed by atoms with Gasteiger partial charge in [0, 0.05) is 24.4 Å². The lowest BCUT2D eigenvalue weighted by Gasteiger charge is -2.32. The van der Waals surface area contributed by atoms with E-state index in [2.05, 4.69) is 14.9 Å². The molecule has 3 aliphatic rings. The molecule has 2 atom stereocenters. The van der Waals surface area contributed by atoms with Gasteiger partial charge in [-0.1, -0.05) is 0 Å². The molecular formula is C15H22BN3O3. The molecule has 0 spiro atoms. The van der Waals surface area contributed by atoms with Crippen molar-refractivity contribution in [1.82, 2.24) is 9.97 Å². The first-order valence-electron chi connectivity index (χ1n) is 7.91. The first-order chi connectivity index (χ1) is 10.4. The average molecular weight is 303 g/mol. The second-order valence-corrected chi connectivity index (χ2v) is 7.40. The van der Waals surface area contributed by atoms with E-state index in [-0.39, 0.29) is 11.2 Å². The molecule has 0 saturated carbocycles. The molecule has 4 heterocycles. The fourth-order valence-corrected chi connectivity index (χ4v) is 3.22. The zero-order chi connectivity index (χ0) is 15.5. The summed E-state index contributed by atoms with van der Waals surface area (Å²) in [6.07, 6.45) is 5.06. The lowest BCUT2D eigenvalue weighted by atomic mass is 9.81. The maximum Gasteiger partial charge on any atom is 0.498 e. The summed E-state index contributed by atoms with van der Waals surface area (Å²) in [5.41, 5.74) is 0.173. The van der Waals surface area contributed by atoms with Gasteiger partial charge >= 0.3 is 7.12 Å². The second-order valence-electron chi connectivity index (χ2n) is 7.40. The summed E-state index contributed by atoms with van der Waals surface area (Å²) in [6.45, 7) is 9.85. The van der Waals surface area contributed by atoms with Crippen LogP contribution in [0.5, 0.6) is 0 Å². The van der Waals surface area contributed by atoms with Crippen molar-refractivity contribution in [2.75, 3.05) is 18.1 Å². The van der Waals surface area contributed by atoms with E-state index in [1.165, 1.54) is 0 Å². The summed E-state index contributed by atoms with van der Waals surface area (Å²) in [4.78, 5) is 11.3. The normalized spacial score (nSPS) is 32.0. The molecule has 6 nitrogen and oxygen atoms in total. The predicted octanol–water partition coefficient (Wildman–Crippen LogP) is 0.753. The Kier molecular flexibility index (Phi) is 3.05. The van der Waals surface area contributed by atoms with E-state index in [0.29, 0.717) is 12.1 Å². The van der Waals surface area contributed by atoms with Crippen molar-refractivity contribution >= 4 is 18.5 Å². The largest absolute Gasteiger partial charge is 0.498 e. The quantitative estimate of drug-likeness (QED) is 0.752.